The first-order valence-electron chi connectivity index (χ1n) is 10.1. The van der Waals surface area contributed by atoms with Gasteiger partial charge >= 0.3 is 6.03 Å². The van der Waals surface area contributed by atoms with Crippen molar-refractivity contribution in [2.45, 2.75) is 38.6 Å². The highest BCUT2D eigenvalue weighted by Crippen LogP contribution is 2.30. The first-order chi connectivity index (χ1) is 14.6. The van der Waals surface area contributed by atoms with Gasteiger partial charge in [0.2, 0.25) is 0 Å². The van der Waals surface area contributed by atoms with E-state index >= 15 is 0 Å². The Morgan fingerprint density at radius 1 is 1.23 bits per heavy atom. The number of amides is 2. The number of hydrogen-bond donors (Lipinski definition) is 2. The maximum atomic E-state index is 12.2. The molecule has 1 aliphatic heterocycles. The molecule has 1 aromatic carbocycles. The molecular weight excluding hydrogens is 429 g/mol. The summed E-state index contributed by atoms with van der Waals surface area (Å²) in [6.45, 7) is 4.46. The van der Waals surface area contributed by atoms with Crippen LogP contribution in [-0.4, -0.2) is 63.5 Å². The monoisotopic (exact) mass is 453 g/mol. The number of carbonyl (C=O) groups excluding carboxylic acids is 1. The summed E-state index contributed by atoms with van der Waals surface area (Å²) in [6, 6.07) is 5.41. The van der Waals surface area contributed by atoms with Crippen LogP contribution in [0.2, 0.25) is 10.0 Å². The molecule has 9 nitrogen and oxygen atoms in total. The minimum absolute atomic E-state index is 0.0764. The first kappa shape index (κ1) is 21.3. The van der Waals surface area contributed by atoms with Gasteiger partial charge in [-0.15, -0.1) is 5.10 Å². The lowest BCUT2D eigenvalue weighted by molar-refractivity contribution is -0.0287. The van der Waals surface area contributed by atoms with Crippen LogP contribution in [0.4, 0.5) is 4.79 Å². The van der Waals surface area contributed by atoms with Gasteiger partial charge in [0.25, 0.3) is 0 Å². The molecule has 2 N–H and O–H groups in total. The van der Waals surface area contributed by atoms with Crippen LogP contribution in [-0.2, 0) is 24.4 Å². The van der Waals surface area contributed by atoms with Crippen LogP contribution in [0.25, 0.3) is 0 Å². The number of halogens is 2. The van der Waals surface area contributed by atoms with Crippen molar-refractivity contribution in [2.24, 2.45) is 5.92 Å². The Kier molecular flexibility index (Phi) is 7.04. The SMILES string of the molecule is O=C(NCc1nnnn1CC1CC1)NC[C@H]1CN(Cc2ccc(Cl)c(Cl)c2)CCO1. The van der Waals surface area contributed by atoms with Gasteiger partial charge in [0, 0.05) is 32.7 Å². The standard InChI is InChI=1S/C19H25Cl2N7O2/c20-16-4-3-14(7-17(16)21)10-27-5-6-30-15(12-27)8-22-19(29)23-9-18-24-25-26-28(18)11-13-1-2-13/h3-4,7,13,15H,1-2,5-6,8-12H2,(H2,22,23,29)/t15-/m0/s1. The maximum Gasteiger partial charge on any atom is 0.315 e. The number of urea groups is 1. The lowest BCUT2D eigenvalue weighted by Gasteiger charge is -2.33. The van der Waals surface area contributed by atoms with Crippen LogP contribution >= 0.6 is 23.2 Å². The summed E-state index contributed by atoms with van der Waals surface area (Å²) in [4.78, 5) is 14.4. The van der Waals surface area contributed by atoms with E-state index < -0.39 is 0 Å². The van der Waals surface area contributed by atoms with Crippen LogP contribution < -0.4 is 10.6 Å². The van der Waals surface area contributed by atoms with Crippen molar-refractivity contribution in [2.75, 3.05) is 26.2 Å². The number of nitrogens with one attached hydrogen (secondary N) is 2. The van der Waals surface area contributed by atoms with Gasteiger partial charge in [0.05, 0.1) is 29.3 Å². The molecule has 0 unspecified atom stereocenters. The Morgan fingerprint density at radius 3 is 2.90 bits per heavy atom. The van der Waals surface area contributed by atoms with Crippen LogP contribution in [0, 0.1) is 5.92 Å². The zero-order valence-corrected chi connectivity index (χ0v) is 18.1. The molecule has 0 radical (unpaired) electrons. The molecule has 162 valence electrons. The normalized spacial score (nSPS) is 19.6. The molecule has 2 amide bonds. The largest absolute Gasteiger partial charge is 0.374 e. The fourth-order valence-electron chi connectivity index (χ4n) is 3.41. The molecule has 1 aromatic heterocycles. The maximum absolute atomic E-state index is 12.2. The van der Waals surface area contributed by atoms with Crippen molar-refractivity contribution in [3.05, 3.63) is 39.6 Å². The predicted molar refractivity (Wildman–Crippen MR) is 112 cm³/mol. The fourth-order valence-corrected chi connectivity index (χ4v) is 3.73. The smallest absolute Gasteiger partial charge is 0.315 e. The summed E-state index contributed by atoms with van der Waals surface area (Å²) < 4.78 is 7.56. The number of morpholine rings is 1. The first-order valence-corrected chi connectivity index (χ1v) is 10.9. The Balaban J connectivity index is 1.19. The van der Waals surface area contributed by atoms with E-state index in [0.717, 1.165) is 31.7 Å². The van der Waals surface area contributed by atoms with Crippen molar-refractivity contribution >= 4 is 29.2 Å². The lowest BCUT2D eigenvalue weighted by Crippen LogP contribution is -2.48. The minimum atomic E-state index is -0.263. The Morgan fingerprint density at radius 2 is 2.10 bits per heavy atom. The molecule has 2 fully saturated rings. The summed E-state index contributed by atoms with van der Waals surface area (Å²) in [5.74, 6) is 1.33. The van der Waals surface area contributed by atoms with Crippen molar-refractivity contribution < 1.29 is 9.53 Å². The number of benzene rings is 1. The number of rotatable bonds is 8. The number of nitrogens with zero attached hydrogens (tertiary/aromatic N) is 5. The van der Waals surface area contributed by atoms with Crippen LogP contribution in [0.5, 0.6) is 0 Å². The third kappa shape index (κ3) is 6.04. The highest BCUT2D eigenvalue weighted by molar-refractivity contribution is 6.42. The van der Waals surface area contributed by atoms with E-state index in [0.29, 0.717) is 41.5 Å². The average molecular weight is 454 g/mol. The van der Waals surface area contributed by atoms with E-state index in [1.54, 1.807) is 4.68 Å². The summed E-state index contributed by atoms with van der Waals surface area (Å²) in [6.07, 6.45) is 2.36. The molecule has 1 aliphatic carbocycles. The number of tetrazole rings is 1. The molecule has 2 aromatic rings. The van der Waals surface area contributed by atoms with Crippen LogP contribution in [0.3, 0.4) is 0 Å². The minimum Gasteiger partial charge on any atom is -0.374 e. The van der Waals surface area contributed by atoms with Crippen LogP contribution in [0.1, 0.15) is 24.2 Å². The lowest BCUT2D eigenvalue weighted by atomic mass is 10.2. The Hall–Kier alpha value is -1.94. The number of carbonyl (C=O) groups is 1. The van der Waals surface area contributed by atoms with E-state index in [-0.39, 0.29) is 12.1 Å². The third-order valence-corrected chi connectivity index (χ3v) is 5.98. The summed E-state index contributed by atoms with van der Waals surface area (Å²) in [5.41, 5.74) is 1.10. The Labute approximate surface area is 185 Å². The van der Waals surface area contributed by atoms with E-state index in [2.05, 4.69) is 31.1 Å². The number of ether oxygens (including phenoxy) is 1. The van der Waals surface area contributed by atoms with Crippen LogP contribution in [0.15, 0.2) is 18.2 Å². The Bertz CT molecular complexity index is 874. The molecule has 11 heteroatoms. The summed E-state index contributed by atoms with van der Waals surface area (Å²) >= 11 is 12.1. The molecule has 4 rings (SSSR count). The molecule has 30 heavy (non-hydrogen) atoms. The number of hydrogen-bond acceptors (Lipinski definition) is 6. The van der Waals surface area contributed by atoms with Crippen molar-refractivity contribution in [1.29, 1.82) is 0 Å². The molecular formula is C19H25Cl2N7O2. The molecule has 1 saturated heterocycles. The third-order valence-electron chi connectivity index (χ3n) is 5.24. The van der Waals surface area contributed by atoms with E-state index in [1.165, 1.54) is 12.8 Å². The van der Waals surface area contributed by atoms with Gasteiger partial charge < -0.3 is 15.4 Å². The molecule has 2 heterocycles. The van der Waals surface area contributed by atoms with Gasteiger partial charge in [-0.3, -0.25) is 4.90 Å². The molecule has 2 aliphatic rings. The summed E-state index contributed by atoms with van der Waals surface area (Å²) in [5, 5.41) is 18.5. The summed E-state index contributed by atoms with van der Waals surface area (Å²) in [7, 11) is 0. The molecule has 1 atom stereocenters. The van der Waals surface area contributed by atoms with E-state index in [4.69, 9.17) is 27.9 Å². The zero-order valence-electron chi connectivity index (χ0n) is 16.6. The van der Waals surface area contributed by atoms with Gasteiger partial charge in [-0.25, -0.2) is 9.48 Å². The quantitative estimate of drug-likeness (QED) is 0.634. The van der Waals surface area contributed by atoms with E-state index in [1.807, 2.05) is 18.2 Å². The second-order valence-electron chi connectivity index (χ2n) is 7.76. The molecule has 0 bridgehead atoms. The van der Waals surface area contributed by atoms with Gasteiger partial charge in [-0.05, 0) is 46.9 Å². The fraction of sp³-hybridized carbons (Fsp3) is 0.579. The highest BCUT2D eigenvalue weighted by Gasteiger charge is 2.24. The second kappa shape index (κ2) is 9.91. The number of aromatic nitrogens is 4. The second-order valence-corrected chi connectivity index (χ2v) is 8.57. The van der Waals surface area contributed by atoms with Crippen molar-refractivity contribution in [3.63, 3.8) is 0 Å². The van der Waals surface area contributed by atoms with Crippen molar-refractivity contribution in [1.82, 2.24) is 35.7 Å². The topological polar surface area (TPSA) is 97.2 Å². The van der Waals surface area contributed by atoms with Gasteiger partial charge in [-0.2, -0.15) is 0 Å². The predicted octanol–water partition coefficient (Wildman–Crippen LogP) is 2.09. The van der Waals surface area contributed by atoms with E-state index in [9.17, 15) is 4.79 Å². The molecule has 0 spiro atoms. The van der Waals surface area contributed by atoms with Gasteiger partial charge in [-0.1, -0.05) is 29.3 Å². The van der Waals surface area contributed by atoms with Gasteiger partial charge in [0.1, 0.15) is 0 Å². The average Bonchev–Trinajstić information content (AvgIpc) is 3.44. The molecule has 1 saturated carbocycles. The van der Waals surface area contributed by atoms with Gasteiger partial charge in [0.15, 0.2) is 5.82 Å². The highest BCUT2D eigenvalue weighted by atomic mass is 35.5. The van der Waals surface area contributed by atoms with Crippen molar-refractivity contribution in [3.8, 4) is 0 Å². The zero-order chi connectivity index (χ0) is 20.9.